The molecule has 0 radical (unpaired) electrons. The first-order chi connectivity index (χ1) is 13.4. The predicted octanol–water partition coefficient (Wildman–Crippen LogP) is 5.00. The van der Waals surface area contributed by atoms with E-state index >= 15 is 0 Å². The van der Waals surface area contributed by atoms with Gasteiger partial charge in [-0.1, -0.05) is 25.1 Å². The quantitative estimate of drug-likeness (QED) is 0.393. The van der Waals surface area contributed by atoms with Gasteiger partial charge in [-0.25, -0.2) is 0 Å². The maximum absolute atomic E-state index is 13.3. The third-order valence-electron chi connectivity index (χ3n) is 4.37. The average Bonchev–Trinajstić information content (AvgIpc) is 2.66. The summed E-state index contributed by atoms with van der Waals surface area (Å²) in [6.45, 7) is 0.622. The second-order valence-electron chi connectivity index (χ2n) is 6.19. The van der Waals surface area contributed by atoms with Crippen molar-refractivity contribution in [1.82, 2.24) is 0 Å². The van der Waals surface area contributed by atoms with Crippen LogP contribution in [-0.2, 0) is 0 Å². The molecule has 2 aromatic carbocycles. The smallest absolute Gasteiger partial charge is 0.426 e. The van der Waals surface area contributed by atoms with Crippen molar-refractivity contribution in [3.8, 4) is 5.75 Å². The average molecular weight is 420 g/mol. The van der Waals surface area contributed by atoms with Crippen molar-refractivity contribution in [3.63, 3.8) is 0 Å². The molecule has 0 bridgehead atoms. The Kier molecular flexibility index (Phi) is 6.46. The van der Waals surface area contributed by atoms with Crippen molar-refractivity contribution in [2.45, 2.75) is 24.9 Å². The number of hydrogen-bond donors (Lipinski definition) is 2. The van der Waals surface area contributed by atoms with Crippen molar-refractivity contribution in [3.05, 3.63) is 60.2 Å². The number of aliphatic hydroxyl groups is 1. The topological polar surface area (TPSA) is 53.8 Å². The number of methoxy groups -OCH3 is 1. The van der Waals surface area contributed by atoms with Crippen molar-refractivity contribution in [1.29, 1.82) is 0 Å². The van der Waals surface area contributed by atoms with Crippen molar-refractivity contribution >= 4 is 11.4 Å². The van der Waals surface area contributed by atoms with Crippen molar-refractivity contribution in [2.24, 2.45) is 11.0 Å². The zero-order chi connectivity index (χ0) is 21.9. The van der Waals surface area contributed by atoms with E-state index in [0.717, 1.165) is 0 Å². The van der Waals surface area contributed by atoms with E-state index in [0.29, 0.717) is 18.4 Å². The largest absolute Gasteiger partial charge is 0.497 e. The van der Waals surface area contributed by atoms with Gasteiger partial charge in [-0.15, -0.1) is 0 Å². The molecule has 158 valence electrons. The third-order valence-corrected chi connectivity index (χ3v) is 4.37. The maximum atomic E-state index is 13.3. The molecule has 0 aliphatic heterocycles. The van der Waals surface area contributed by atoms with E-state index < -0.39 is 29.6 Å². The van der Waals surface area contributed by atoms with Crippen LogP contribution in [0.1, 0.15) is 12.5 Å². The van der Waals surface area contributed by atoms with Crippen LogP contribution in [0.4, 0.5) is 32.0 Å². The molecule has 0 heterocycles. The summed E-state index contributed by atoms with van der Waals surface area (Å²) in [5, 5.41) is 13.6. The molecule has 0 saturated heterocycles. The van der Waals surface area contributed by atoms with Crippen LogP contribution in [-0.4, -0.2) is 35.9 Å². The third kappa shape index (κ3) is 4.64. The summed E-state index contributed by atoms with van der Waals surface area (Å²) in [5.74, 6) is -2.13. The minimum atomic E-state index is -5.98. The summed E-state index contributed by atoms with van der Waals surface area (Å²) >= 11 is 0. The molecule has 2 aromatic rings. The van der Waals surface area contributed by atoms with Crippen molar-refractivity contribution in [2.75, 3.05) is 12.5 Å². The minimum absolute atomic E-state index is 0.0475. The molecule has 0 spiro atoms. The molecule has 0 aliphatic carbocycles. The molecule has 0 saturated carbocycles. The summed E-state index contributed by atoms with van der Waals surface area (Å²) < 4.78 is 85.0. The monoisotopic (exact) mass is 420 g/mol. The molecular weight excluding hydrogens is 402 g/mol. The first-order valence-corrected chi connectivity index (χ1v) is 8.30. The van der Waals surface area contributed by atoms with Gasteiger partial charge in [0.2, 0.25) is 0 Å². The molecule has 4 nitrogen and oxygen atoms in total. The van der Waals surface area contributed by atoms with Crippen molar-refractivity contribution < 1.29 is 36.2 Å². The molecule has 2 rings (SSSR count). The van der Waals surface area contributed by atoms with Gasteiger partial charge in [-0.2, -0.15) is 31.4 Å². The van der Waals surface area contributed by atoms with Gasteiger partial charge in [-0.05, 0) is 42.0 Å². The van der Waals surface area contributed by atoms with Crippen LogP contribution in [0.5, 0.6) is 5.75 Å². The molecule has 0 fully saturated rings. The number of hydrazone groups is 1. The van der Waals surface area contributed by atoms with Crippen LogP contribution in [0.3, 0.4) is 0 Å². The Hall–Kier alpha value is -2.75. The molecule has 0 unspecified atom stereocenters. The Balaban J connectivity index is 2.58. The lowest BCUT2D eigenvalue weighted by atomic mass is 9.81. The summed E-state index contributed by atoms with van der Waals surface area (Å²) in [6, 6.07) is 13.2. The van der Waals surface area contributed by atoms with E-state index in [1.807, 2.05) is 0 Å². The van der Waals surface area contributed by atoms with Gasteiger partial charge >= 0.3 is 12.4 Å². The number of halogens is 6. The Morgan fingerprint density at radius 3 is 1.90 bits per heavy atom. The molecule has 0 aliphatic rings. The molecule has 29 heavy (non-hydrogen) atoms. The summed E-state index contributed by atoms with van der Waals surface area (Å²) in [5.41, 5.74) is -2.90. The van der Waals surface area contributed by atoms with Crippen LogP contribution < -0.4 is 10.2 Å². The minimum Gasteiger partial charge on any atom is -0.497 e. The Morgan fingerprint density at radius 2 is 1.45 bits per heavy atom. The van der Waals surface area contributed by atoms with Gasteiger partial charge in [0, 0.05) is 5.92 Å². The SMILES string of the molecule is COc1ccc(/C(=N/Nc2ccccc2)[C@@H](C)C(O)(C(F)(F)F)C(F)(F)F)cc1. The van der Waals surface area contributed by atoms with E-state index in [4.69, 9.17) is 4.74 Å². The van der Waals surface area contributed by atoms with Gasteiger partial charge in [-0.3, -0.25) is 5.43 Å². The van der Waals surface area contributed by atoms with Crippen LogP contribution >= 0.6 is 0 Å². The molecule has 0 aromatic heterocycles. The molecular formula is C19H18F6N2O2. The van der Waals surface area contributed by atoms with Gasteiger partial charge < -0.3 is 9.84 Å². The van der Waals surface area contributed by atoms with Gasteiger partial charge in [0.15, 0.2) is 0 Å². The Labute approximate surface area is 162 Å². The number of para-hydroxylation sites is 1. The maximum Gasteiger partial charge on any atom is 0.426 e. The van der Waals surface area contributed by atoms with Crippen LogP contribution in [0.25, 0.3) is 0 Å². The van der Waals surface area contributed by atoms with Crippen LogP contribution in [0, 0.1) is 5.92 Å². The van der Waals surface area contributed by atoms with Crippen LogP contribution in [0.15, 0.2) is 59.7 Å². The summed E-state index contributed by atoms with van der Waals surface area (Å²) in [4.78, 5) is 0. The van der Waals surface area contributed by atoms with E-state index in [1.54, 1.807) is 18.2 Å². The zero-order valence-electron chi connectivity index (χ0n) is 15.3. The van der Waals surface area contributed by atoms with Gasteiger partial charge in [0.05, 0.1) is 18.5 Å². The number of anilines is 1. The second-order valence-corrected chi connectivity index (χ2v) is 6.19. The lowest BCUT2D eigenvalue weighted by Crippen LogP contribution is -2.62. The Bertz CT molecular complexity index is 819. The predicted molar refractivity (Wildman–Crippen MR) is 95.8 cm³/mol. The first kappa shape index (κ1) is 22.5. The fourth-order valence-corrected chi connectivity index (χ4v) is 2.66. The van der Waals surface area contributed by atoms with E-state index in [9.17, 15) is 31.4 Å². The standard InChI is InChI=1S/C19H18F6N2O2/c1-12(17(28,18(20,21)22)19(23,24)25)16(13-8-10-15(29-2)11-9-13)27-26-14-6-4-3-5-7-14/h3-12,26,28H,1-2H3/b27-16+/t12-/m1/s1. The fourth-order valence-electron chi connectivity index (χ4n) is 2.66. The van der Waals surface area contributed by atoms with Gasteiger partial charge in [0.25, 0.3) is 5.60 Å². The highest BCUT2D eigenvalue weighted by atomic mass is 19.4. The van der Waals surface area contributed by atoms with E-state index in [2.05, 4.69) is 10.5 Å². The lowest BCUT2D eigenvalue weighted by Gasteiger charge is -2.37. The normalized spacial score (nSPS) is 14.4. The number of ether oxygens (including phenoxy) is 1. The highest BCUT2D eigenvalue weighted by molar-refractivity contribution is 6.03. The Morgan fingerprint density at radius 1 is 0.931 bits per heavy atom. The second kappa shape index (κ2) is 8.32. The molecule has 1 atom stereocenters. The van der Waals surface area contributed by atoms with E-state index in [-0.39, 0.29) is 5.56 Å². The van der Waals surface area contributed by atoms with Crippen LogP contribution in [0.2, 0.25) is 0 Å². The van der Waals surface area contributed by atoms with E-state index in [1.165, 1.54) is 43.5 Å². The highest BCUT2D eigenvalue weighted by Gasteiger charge is 2.73. The fraction of sp³-hybridized carbons (Fsp3) is 0.316. The zero-order valence-corrected chi connectivity index (χ0v) is 15.3. The number of alkyl halides is 6. The molecule has 0 amide bonds. The highest BCUT2D eigenvalue weighted by Crippen LogP contribution is 2.48. The number of benzene rings is 2. The number of nitrogens with zero attached hydrogens (tertiary/aromatic N) is 1. The number of nitrogens with one attached hydrogen (secondary N) is 1. The first-order valence-electron chi connectivity index (χ1n) is 8.30. The number of hydrogen-bond acceptors (Lipinski definition) is 4. The summed E-state index contributed by atoms with van der Waals surface area (Å²) in [6.07, 6.45) is -12.0. The molecule has 10 heteroatoms. The van der Waals surface area contributed by atoms with Gasteiger partial charge in [0.1, 0.15) is 5.75 Å². The number of rotatable bonds is 6. The lowest BCUT2D eigenvalue weighted by molar-refractivity contribution is -0.376. The summed E-state index contributed by atoms with van der Waals surface area (Å²) in [7, 11) is 1.36. The molecule has 2 N–H and O–H groups in total.